The molecule has 0 bridgehead atoms. The molecule has 0 saturated heterocycles. The van der Waals surface area contributed by atoms with Crippen molar-refractivity contribution in [1.82, 2.24) is 5.01 Å². The molecule has 0 saturated carbocycles. The summed E-state index contributed by atoms with van der Waals surface area (Å²) in [4.78, 5) is 0. The van der Waals surface area contributed by atoms with Crippen LogP contribution in [0.2, 0.25) is 0 Å². The van der Waals surface area contributed by atoms with E-state index in [1.165, 1.54) is 27.5 Å². The topological polar surface area (TPSA) is 15.6 Å². The van der Waals surface area contributed by atoms with E-state index in [9.17, 15) is 0 Å². The van der Waals surface area contributed by atoms with E-state index >= 15 is 0 Å². The summed E-state index contributed by atoms with van der Waals surface area (Å²) in [5, 5.41) is 9.20. The van der Waals surface area contributed by atoms with Gasteiger partial charge >= 0.3 is 0 Å². The van der Waals surface area contributed by atoms with Crippen LogP contribution in [0.4, 0.5) is 0 Å². The van der Waals surface area contributed by atoms with E-state index < -0.39 is 0 Å². The van der Waals surface area contributed by atoms with Crippen LogP contribution in [0.3, 0.4) is 0 Å². The lowest BCUT2D eigenvalue weighted by molar-refractivity contribution is 0.350. The van der Waals surface area contributed by atoms with Crippen LogP contribution < -0.4 is 0 Å². The van der Waals surface area contributed by atoms with Crippen LogP contribution in [0.1, 0.15) is 36.1 Å². The molecule has 0 unspecified atom stereocenters. The van der Waals surface area contributed by atoms with Crippen molar-refractivity contribution in [2.75, 3.05) is 7.05 Å². The molecule has 4 rings (SSSR count). The Balaban J connectivity index is 1.46. The van der Waals surface area contributed by atoms with Crippen molar-refractivity contribution >= 4 is 17.0 Å². The van der Waals surface area contributed by atoms with Crippen LogP contribution in [0.15, 0.2) is 102 Å². The monoisotopic (exact) mass is 392 g/mol. The summed E-state index contributed by atoms with van der Waals surface area (Å²) >= 11 is 0. The van der Waals surface area contributed by atoms with Crippen LogP contribution >= 0.6 is 0 Å². The molecule has 0 amide bonds. The molecule has 0 radical (unpaired) electrons. The molecule has 4 aromatic carbocycles. The first kappa shape index (κ1) is 19.9. The Kier molecular flexibility index (Phi) is 5.67. The van der Waals surface area contributed by atoms with Crippen LogP contribution in [0, 0.1) is 0 Å². The molecular formula is C28H28N2. The second kappa shape index (κ2) is 8.54. The third-order valence-electron chi connectivity index (χ3n) is 5.81. The SMILES string of the molecule is CN(Cc1cccc2ccccc12)/N=C\c1ccc(C(C)(C)c2ccccc2)cc1. The number of benzene rings is 4. The van der Waals surface area contributed by atoms with E-state index in [1.807, 2.05) is 18.3 Å². The maximum atomic E-state index is 4.65. The number of hydrogen-bond donors (Lipinski definition) is 0. The molecule has 0 atom stereocenters. The molecule has 0 spiro atoms. The normalized spacial score (nSPS) is 11.8. The molecule has 30 heavy (non-hydrogen) atoms. The van der Waals surface area contributed by atoms with Crippen molar-refractivity contribution in [3.05, 3.63) is 119 Å². The van der Waals surface area contributed by atoms with Crippen LogP contribution in [-0.4, -0.2) is 18.3 Å². The summed E-state index contributed by atoms with van der Waals surface area (Å²) in [6, 6.07) is 34.3. The molecule has 0 fully saturated rings. The quantitative estimate of drug-likeness (QED) is 0.265. The molecule has 4 aromatic rings. The minimum Gasteiger partial charge on any atom is -0.296 e. The maximum Gasteiger partial charge on any atom is 0.0613 e. The van der Waals surface area contributed by atoms with Gasteiger partial charge in [0.1, 0.15) is 0 Å². The molecule has 0 N–H and O–H groups in total. The van der Waals surface area contributed by atoms with Gasteiger partial charge in [0.2, 0.25) is 0 Å². The van der Waals surface area contributed by atoms with Crippen molar-refractivity contribution in [3.63, 3.8) is 0 Å². The van der Waals surface area contributed by atoms with Gasteiger partial charge in [0.05, 0.1) is 12.8 Å². The van der Waals surface area contributed by atoms with Crippen molar-refractivity contribution in [2.45, 2.75) is 25.8 Å². The van der Waals surface area contributed by atoms with Crippen LogP contribution in [0.5, 0.6) is 0 Å². The largest absolute Gasteiger partial charge is 0.296 e. The molecule has 0 aliphatic rings. The molecule has 0 aliphatic heterocycles. The van der Waals surface area contributed by atoms with Crippen molar-refractivity contribution < 1.29 is 0 Å². The molecule has 2 nitrogen and oxygen atoms in total. The Morgan fingerprint density at radius 1 is 0.733 bits per heavy atom. The molecule has 2 heteroatoms. The van der Waals surface area contributed by atoms with Gasteiger partial charge in [-0.15, -0.1) is 0 Å². The van der Waals surface area contributed by atoms with Crippen molar-refractivity contribution in [1.29, 1.82) is 0 Å². The fourth-order valence-corrected chi connectivity index (χ4v) is 3.89. The summed E-state index contributed by atoms with van der Waals surface area (Å²) in [5.74, 6) is 0. The summed E-state index contributed by atoms with van der Waals surface area (Å²) in [6.07, 6.45) is 1.93. The van der Waals surface area contributed by atoms with E-state index in [0.29, 0.717) is 0 Å². The predicted octanol–water partition coefficient (Wildman–Crippen LogP) is 6.63. The summed E-state index contributed by atoms with van der Waals surface area (Å²) in [5.41, 5.74) is 4.98. The standard InChI is InChI=1S/C28H28N2/c1-28(2,25-13-5-4-6-14-25)26-18-16-22(17-19-26)20-29-30(3)21-24-12-9-11-23-10-7-8-15-27(23)24/h4-20H,21H2,1-3H3/b29-20-. The first-order chi connectivity index (χ1) is 14.5. The number of fused-ring (bicyclic) bond motifs is 1. The lowest BCUT2D eigenvalue weighted by atomic mass is 9.78. The van der Waals surface area contributed by atoms with Gasteiger partial charge in [0, 0.05) is 12.5 Å². The molecule has 0 aromatic heterocycles. The second-order valence-corrected chi connectivity index (χ2v) is 8.31. The van der Waals surface area contributed by atoms with Gasteiger partial charge in [-0.25, -0.2) is 0 Å². The Bertz CT molecular complexity index is 1140. The molecule has 0 aliphatic carbocycles. The fourth-order valence-electron chi connectivity index (χ4n) is 3.89. The first-order valence-electron chi connectivity index (χ1n) is 10.4. The van der Waals surface area contributed by atoms with Gasteiger partial charge in [0.15, 0.2) is 0 Å². The van der Waals surface area contributed by atoms with E-state index in [4.69, 9.17) is 0 Å². The zero-order valence-electron chi connectivity index (χ0n) is 17.9. The molecule has 150 valence electrons. The highest BCUT2D eigenvalue weighted by Crippen LogP contribution is 2.31. The van der Waals surface area contributed by atoms with E-state index in [2.05, 4.69) is 116 Å². The van der Waals surface area contributed by atoms with E-state index in [1.54, 1.807) is 0 Å². The zero-order valence-corrected chi connectivity index (χ0v) is 17.9. The first-order valence-corrected chi connectivity index (χ1v) is 10.4. The minimum atomic E-state index is -0.0257. The average molecular weight is 393 g/mol. The Labute approximate surface area is 179 Å². The lowest BCUT2D eigenvalue weighted by Crippen LogP contribution is -2.18. The smallest absolute Gasteiger partial charge is 0.0613 e. The van der Waals surface area contributed by atoms with Gasteiger partial charge in [0.25, 0.3) is 0 Å². The van der Waals surface area contributed by atoms with E-state index in [0.717, 1.165) is 12.1 Å². The summed E-state index contributed by atoms with van der Waals surface area (Å²) in [6.45, 7) is 5.31. The van der Waals surface area contributed by atoms with Crippen molar-refractivity contribution in [2.24, 2.45) is 5.10 Å². The van der Waals surface area contributed by atoms with Crippen molar-refractivity contribution in [3.8, 4) is 0 Å². The Morgan fingerprint density at radius 3 is 2.13 bits per heavy atom. The number of hydrogen-bond acceptors (Lipinski definition) is 2. The van der Waals surface area contributed by atoms with E-state index in [-0.39, 0.29) is 5.41 Å². The van der Waals surface area contributed by atoms with Gasteiger partial charge in [-0.3, -0.25) is 5.01 Å². The maximum absolute atomic E-state index is 4.65. The third-order valence-corrected chi connectivity index (χ3v) is 5.81. The zero-order chi connectivity index (χ0) is 21.0. The average Bonchev–Trinajstić information content (AvgIpc) is 2.79. The fraction of sp³-hybridized carbons (Fsp3) is 0.179. The number of hydrazone groups is 1. The third kappa shape index (κ3) is 4.28. The second-order valence-electron chi connectivity index (χ2n) is 8.31. The van der Waals surface area contributed by atoms with Crippen LogP contribution in [-0.2, 0) is 12.0 Å². The highest BCUT2D eigenvalue weighted by Gasteiger charge is 2.22. The highest BCUT2D eigenvalue weighted by molar-refractivity contribution is 5.85. The Hall–Kier alpha value is -3.39. The number of nitrogens with zero attached hydrogens (tertiary/aromatic N) is 2. The van der Waals surface area contributed by atoms with Gasteiger partial charge < -0.3 is 0 Å². The highest BCUT2D eigenvalue weighted by atomic mass is 15.4. The summed E-state index contributed by atoms with van der Waals surface area (Å²) < 4.78 is 0. The number of rotatable bonds is 6. The van der Waals surface area contributed by atoms with Gasteiger partial charge in [-0.2, -0.15) is 5.10 Å². The molecule has 0 heterocycles. The minimum absolute atomic E-state index is 0.0257. The van der Waals surface area contributed by atoms with Gasteiger partial charge in [-0.05, 0) is 33.0 Å². The Morgan fingerprint density at radius 2 is 1.37 bits per heavy atom. The van der Waals surface area contributed by atoms with Gasteiger partial charge in [-0.1, -0.05) is 111 Å². The van der Waals surface area contributed by atoms with Crippen LogP contribution in [0.25, 0.3) is 10.8 Å². The predicted molar refractivity (Wildman–Crippen MR) is 128 cm³/mol. The summed E-state index contributed by atoms with van der Waals surface area (Å²) in [7, 11) is 2.02. The molecular weight excluding hydrogens is 364 g/mol. The lowest BCUT2D eigenvalue weighted by Gasteiger charge is -2.26.